The van der Waals surface area contributed by atoms with E-state index in [-0.39, 0.29) is 11.1 Å². The largest absolute Gasteiger partial charge is 0.326 e. The van der Waals surface area contributed by atoms with Gasteiger partial charge in [-0.05, 0) is 26.0 Å². The van der Waals surface area contributed by atoms with Crippen LogP contribution in [0.25, 0.3) is 0 Å². The highest BCUT2D eigenvalue weighted by atomic mass is 35.5. The zero-order valence-corrected chi connectivity index (χ0v) is 10.1. The summed E-state index contributed by atoms with van der Waals surface area (Å²) in [5.74, 6) is -0.235. The van der Waals surface area contributed by atoms with Crippen molar-refractivity contribution in [3.63, 3.8) is 0 Å². The van der Waals surface area contributed by atoms with Gasteiger partial charge in [0.05, 0.1) is 6.07 Å². The van der Waals surface area contributed by atoms with Gasteiger partial charge in [0, 0.05) is 18.3 Å². The summed E-state index contributed by atoms with van der Waals surface area (Å²) in [6, 6.07) is 4.67. The van der Waals surface area contributed by atoms with Gasteiger partial charge in [0.25, 0.3) is 5.91 Å². The maximum Gasteiger partial charge on any atom is 0.254 e. The van der Waals surface area contributed by atoms with Crippen LogP contribution in [0.4, 0.5) is 0 Å². The summed E-state index contributed by atoms with van der Waals surface area (Å²) in [6.07, 6.45) is 0. The number of carbonyl (C=O) groups is 1. The van der Waals surface area contributed by atoms with Gasteiger partial charge < -0.3 is 4.90 Å². The topological polar surface area (TPSA) is 57.0 Å². The Morgan fingerprint density at radius 1 is 1.62 bits per heavy atom. The molecule has 1 amide bonds. The van der Waals surface area contributed by atoms with Crippen LogP contribution in [0.15, 0.2) is 12.1 Å². The van der Waals surface area contributed by atoms with Crippen molar-refractivity contribution in [3.8, 4) is 6.07 Å². The minimum absolute atomic E-state index is 0.235. The molecule has 1 atom stereocenters. The van der Waals surface area contributed by atoms with Crippen molar-refractivity contribution in [3.05, 3.63) is 28.5 Å². The Balaban J connectivity index is 3.01. The van der Waals surface area contributed by atoms with E-state index in [4.69, 9.17) is 16.9 Å². The first-order valence-corrected chi connectivity index (χ1v) is 5.14. The normalized spacial score (nSPS) is 11.7. The minimum atomic E-state index is -0.472. The molecule has 0 aromatic carbocycles. The lowest BCUT2D eigenvalue weighted by Gasteiger charge is -2.19. The Bertz CT molecular complexity index is 433. The molecule has 1 rings (SSSR count). The molecule has 0 saturated carbocycles. The Hall–Kier alpha value is -1.60. The lowest BCUT2D eigenvalue weighted by atomic mass is 10.2. The summed E-state index contributed by atoms with van der Waals surface area (Å²) in [5, 5.41) is 9.01. The fraction of sp³-hybridized carbons (Fsp3) is 0.364. The van der Waals surface area contributed by atoms with Crippen LogP contribution in [0.3, 0.4) is 0 Å². The molecule has 0 bridgehead atoms. The second-order valence-electron chi connectivity index (χ2n) is 3.54. The van der Waals surface area contributed by atoms with Gasteiger partial charge in [0.1, 0.15) is 11.2 Å². The van der Waals surface area contributed by atoms with Crippen molar-refractivity contribution in [2.45, 2.75) is 19.9 Å². The van der Waals surface area contributed by atoms with Gasteiger partial charge >= 0.3 is 0 Å². The molecule has 4 nitrogen and oxygen atoms in total. The van der Waals surface area contributed by atoms with Crippen LogP contribution >= 0.6 is 11.6 Å². The van der Waals surface area contributed by atoms with E-state index in [1.807, 2.05) is 6.07 Å². The second-order valence-corrected chi connectivity index (χ2v) is 3.93. The first-order chi connectivity index (χ1) is 7.45. The van der Waals surface area contributed by atoms with E-state index in [0.29, 0.717) is 11.3 Å². The number of amides is 1. The van der Waals surface area contributed by atoms with E-state index < -0.39 is 6.04 Å². The Kier molecular flexibility index (Phi) is 3.86. The van der Waals surface area contributed by atoms with Crippen LogP contribution in [0.5, 0.6) is 0 Å². The number of aromatic nitrogens is 1. The van der Waals surface area contributed by atoms with E-state index in [0.717, 1.165) is 0 Å². The zero-order chi connectivity index (χ0) is 12.3. The van der Waals surface area contributed by atoms with Gasteiger partial charge in [0.15, 0.2) is 0 Å². The Morgan fingerprint density at radius 2 is 2.25 bits per heavy atom. The molecule has 1 aromatic heterocycles. The summed E-state index contributed by atoms with van der Waals surface area (Å²) in [4.78, 5) is 17.3. The molecule has 5 heteroatoms. The monoisotopic (exact) mass is 237 g/mol. The van der Waals surface area contributed by atoms with Gasteiger partial charge in [-0.2, -0.15) is 5.26 Å². The first kappa shape index (κ1) is 12.5. The lowest BCUT2D eigenvalue weighted by Crippen LogP contribution is -2.34. The summed E-state index contributed by atoms with van der Waals surface area (Å²) in [6.45, 7) is 3.42. The molecule has 84 valence electrons. The summed E-state index contributed by atoms with van der Waals surface area (Å²) >= 11 is 5.77. The van der Waals surface area contributed by atoms with Crippen molar-refractivity contribution in [1.29, 1.82) is 5.26 Å². The quantitative estimate of drug-likeness (QED) is 0.740. The minimum Gasteiger partial charge on any atom is -0.326 e. The van der Waals surface area contributed by atoms with E-state index in [9.17, 15) is 4.79 Å². The molecular formula is C11H12ClN3O. The average Bonchev–Trinajstić information content (AvgIpc) is 2.24. The highest BCUT2D eigenvalue weighted by molar-refractivity contribution is 6.29. The highest BCUT2D eigenvalue weighted by Crippen LogP contribution is 2.13. The lowest BCUT2D eigenvalue weighted by molar-refractivity contribution is 0.0773. The fourth-order valence-electron chi connectivity index (χ4n) is 1.22. The summed E-state index contributed by atoms with van der Waals surface area (Å²) < 4.78 is 0. The maximum atomic E-state index is 11.9. The van der Waals surface area contributed by atoms with Crippen molar-refractivity contribution in [2.24, 2.45) is 0 Å². The first-order valence-electron chi connectivity index (χ1n) is 4.76. The number of pyridine rings is 1. The van der Waals surface area contributed by atoms with E-state index >= 15 is 0 Å². The number of hydrogen-bond acceptors (Lipinski definition) is 3. The molecule has 0 fully saturated rings. The van der Waals surface area contributed by atoms with Crippen molar-refractivity contribution in [2.75, 3.05) is 7.05 Å². The molecule has 1 aromatic rings. The third kappa shape index (κ3) is 2.71. The molecule has 0 radical (unpaired) electrons. The maximum absolute atomic E-state index is 11.9. The molecule has 0 N–H and O–H groups in total. The highest BCUT2D eigenvalue weighted by Gasteiger charge is 2.17. The predicted molar refractivity (Wildman–Crippen MR) is 61.2 cm³/mol. The molecule has 16 heavy (non-hydrogen) atoms. The number of aryl methyl sites for hydroxylation is 1. The summed E-state index contributed by atoms with van der Waals surface area (Å²) in [5.41, 5.74) is 1.12. The third-order valence-corrected chi connectivity index (χ3v) is 2.45. The third-order valence-electron chi connectivity index (χ3n) is 2.26. The van der Waals surface area contributed by atoms with Crippen LogP contribution in [0.1, 0.15) is 23.0 Å². The molecule has 0 saturated heterocycles. The predicted octanol–water partition coefficient (Wildman–Crippen LogP) is 2.03. The number of nitriles is 1. The van der Waals surface area contributed by atoms with Gasteiger partial charge in [-0.3, -0.25) is 4.79 Å². The molecule has 0 spiro atoms. The summed E-state index contributed by atoms with van der Waals surface area (Å²) in [7, 11) is 1.58. The molecular weight excluding hydrogens is 226 g/mol. The van der Waals surface area contributed by atoms with Crippen LogP contribution in [-0.4, -0.2) is 28.9 Å². The van der Waals surface area contributed by atoms with E-state index in [2.05, 4.69) is 4.98 Å². The fourth-order valence-corrected chi connectivity index (χ4v) is 1.47. The molecule has 0 aliphatic carbocycles. The van der Waals surface area contributed by atoms with Crippen LogP contribution < -0.4 is 0 Å². The van der Waals surface area contributed by atoms with Crippen LogP contribution in [-0.2, 0) is 0 Å². The molecule has 1 heterocycles. The van der Waals surface area contributed by atoms with Gasteiger partial charge in [-0.25, -0.2) is 4.98 Å². The van der Waals surface area contributed by atoms with Gasteiger partial charge in [-0.15, -0.1) is 0 Å². The van der Waals surface area contributed by atoms with Gasteiger partial charge in [-0.1, -0.05) is 11.6 Å². The van der Waals surface area contributed by atoms with Gasteiger partial charge in [0.2, 0.25) is 0 Å². The number of hydrogen-bond donors (Lipinski definition) is 0. The van der Waals surface area contributed by atoms with Crippen molar-refractivity contribution in [1.82, 2.24) is 9.88 Å². The zero-order valence-electron chi connectivity index (χ0n) is 9.36. The Morgan fingerprint density at radius 3 is 2.75 bits per heavy atom. The number of nitrogens with zero attached hydrogens (tertiary/aromatic N) is 3. The smallest absolute Gasteiger partial charge is 0.254 e. The molecule has 0 aliphatic heterocycles. The average molecular weight is 238 g/mol. The number of rotatable bonds is 2. The van der Waals surface area contributed by atoms with Crippen LogP contribution in [0.2, 0.25) is 5.15 Å². The second kappa shape index (κ2) is 4.95. The number of carbonyl (C=O) groups excluding carboxylic acids is 1. The van der Waals surface area contributed by atoms with Crippen molar-refractivity contribution >= 4 is 17.5 Å². The van der Waals surface area contributed by atoms with E-state index in [1.165, 1.54) is 11.0 Å². The molecule has 1 unspecified atom stereocenters. The van der Waals surface area contributed by atoms with Crippen LogP contribution in [0, 0.1) is 18.3 Å². The number of halogens is 1. The Labute approximate surface area is 99.5 Å². The standard InChI is InChI=1S/C11H12ClN3O/c1-7-4-9(5-10(12)14-7)11(16)15(3)8(2)6-13/h4-5,8H,1-3H3. The van der Waals surface area contributed by atoms with E-state index in [1.54, 1.807) is 27.0 Å². The molecule has 0 aliphatic rings. The SMILES string of the molecule is Cc1cc(C(=O)N(C)C(C)C#N)cc(Cl)n1. The van der Waals surface area contributed by atoms with Crippen molar-refractivity contribution < 1.29 is 4.79 Å².